The van der Waals surface area contributed by atoms with Crippen LogP contribution in [-0.2, 0) is 16.1 Å². The molecular weight excluding hydrogens is 498 g/mol. The minimum Gasteiger partial charge on any atom is -0.507 e. The molecule has 0 radical (unpaired) electrons. The second kappa shape index (κ2) is 10.7. The molecule has 0 spiro atoms. The van der Waals surface area contributed by atoms with Crippen LogP contribution in [0.15, 0.2) is 77.3 Å². The standard InChI is InChI=1S/C26H26BrN3O4/c1-2-16-34-21-10-6-18(7-11-21)23-22(24(31)19-4-8-20(27)9-5-19)25(32)26(33)30(23)14-3-13-29-15-12-28-17-29/h4-12,15,17,23,31H,2-3,13-14,16H2,1H3/t23-/m1/s1. The summed E-state index contributed by atoms with van der Waals surface area (Å²) in [5, 5.41) is 11.1. The van der Waals surface area contributed by atoms with Gasteiger partial charge in [-0.1, -0.05) is 47.1 Å². The summed E-state index contributed by atoms with van der Waals surface area (Å²) in [5.74, 6) is -0.755. The number of rotatable bonds is 9. The number of carbonyl (C=O) groups is 2. The van der Waals surface area contributed by atoms with E-state index < -0.39 is 17.7 Å². The second-order valence-corrected chi connectivity index (χ2v) is 8.99. The number of amides is 1. The SMILES string of the molecule is CCCOc1ccc([C@@H]2C(=C(O)c3ccc(Br)cc3)C(=O)C(=O)N2CCCn2ccnc2)cc1. The molecule has 3 aromatic rings. The fourth-order valence-corrected chi connectivity index (χ4v) is 4.29. The van der Waals surface area contributed by atoms with E-state index in [1.165, 1.54) is 0 Å². The molecule has 1 aliphatic heterocycles. The van der Waals surface area contributed by atoms with Gasteiger partial charge in [0, 0.05) is 35.5 Å². The van der Waals surface area contributed by atoms with E-state index in [9.17, 15) is 14.7 Å². The van der Waals surface area contributed by atoms with Gasteiger partial charge >= 0.3 is 0 Å². The molecule has 0 saturated carbocycles. The van der Waals surface area contributed by atoms with Crippen LogP contribution >= 0.6 is 15.9 Å². The Hall–Kier alpha value is -3.39. The number of aliphatic hydroxyl groups is 1. The Bertz CT molecular complexity index is 1170. The summed E-state index contributed by atoms with van der Waals surface area (Å²) < 4.78 is 8.46. The number of likely N-dealkylation sites (tertiary alicyclic amines) is 1. The van der Waals surface area contributed by atoms with Crippen molar-refractivity contribution in [2.75, 3.05) is 13.2 Å². The first kappa shape index (κ1) is 23.8. The van der Waals surface area contributed by atoms with Gasteiger partial charge in [-0.2, -0.15) is 0 Å². The quantitative estimate of drug-likeness (QED) is 0.243. The lowest BCUT2D eigenvalue weighted by atomic mass is 9.95. The zero-order valence-corrected chi connectivity index (χ0v) is 20.4. The van der Waals surface area contributed by atoms with Crippen molar-refractivity contribution in [3.8, 4) is 5.75 Å². The Morgan fingerprint density at radius 1 is 1.09 bits per heavy atom. The van der Waals surface area contributed by atoms with Gasteiger partial charge in [-0.3, -0.25) is 9.59 Å². The number of hydrogen-bond acceptors (Lipinski definition) is 5. The molecule has 0 aliphatic carbocycles. The summed E-state index contributed by atoms with van der Waals surface area (Å²) in [6.45, 7) is 3.66. The number of benzene rings is 2. The molecule has 2 aromatic carbocycles. The van der Waals surface area contributed by atoms with Crippen LogP contribution in [-0.4, -0.2) is 44.4 Å². The van der Waals surface area contributed by atoms with E-state index in [1.54, 1.807) is 41.7 Å². The zero-order valence-electron chi connectivity index (χ0n) is 18.9. The Balaban J connectivity index is 1.69. The maximum Gasteiger partial charge on any atom is 0.295 e. The molecule has 34 heavy (non-hydrogen) atoms. The molecule has 0 bridgehead atoms. The van der Waals surface area contributed by atoms with E-state index in [0.717, 1.165) is 22.2 Å². The maximum atomic E-state index is 13.1. The minimum atomic E-state index is -0.688. The van der Waals surface area contributed by atoms with E-state index in [1.807, 2.05) is 42.0 Å². The number of aryl methyl sites for hydroxylation is 1. The summed E-state index contributed by atoms with van der Waals surface area (Å²) in [4.78, 5) is 31.8. The average molecular weight is 524 g/mol. The maximum absolute atomic E-state index is 13.1. The Morgan fingerprint density at radius 3 is 2.47 bits per heavy atom. The first-order chi connectivity index (χ1) is 16.5. The Labute approximate surface area is 206 Å². The number of aliphatic hydroxyl groups excluding tert-OH is 1. The van der Waals surface area contributed by atoms with Gasteiger partial charge in [0.15, 0.2) is 0 Å². The zero-order chi connectivity index (χ0) is 24.1. The summed E-state index contributed by atoms with van der Waals surface area (Å²) in [7, 11) is 0. The molecular formula is C26H26BrN3O4. The van der Waals surface area contributed by atoms with E-state index in [2.05, 4.69) is 20.9 Å². The van der Waals surface area contributed by atoms with Crippen LogP contribution in [0.25, 0.3) is 5.76 Å². The molecule has 0 unspecified atom stereocenters. The van der Waals surface area contributed by atoms with Crippen LogP contribution < -0.4 is 4.74 Å². The molecule has 2 heterocycles. The lowest BCUT2D eigenvalue weighted by Crippen LogP contribution is -2.31. The molecule has 1 aromatic heterocycles. The van der Waals surface area contributed by atoms with Crippen molar-refractivity contribution in [3.05, 3.63) is 88.4 Å². The highest BCUT2D eigenvalue weighted by atomic mass is 79.9. The lowest BCUT2D eigenvalue weighted by molar-refractivity contribution is -0.139. The monoisotopic (exact) mass is 523 g/mol. The van der Waals surface area contributed by atoms with Crippen LogP contribution in [0.2, 0.25) is 0 Å². The molecule has 1 N–H and O–H groups in total. The first-order valence-electron chi connectivity index (χ1n) is 11.2. The summed E-state index contributed by atoms with van der Waals surface area (Å²) in [6, 6.07) is 13.7. The normalized spacial score (nSPS) is 17.4. The van der Waals surface area contributed by atoms with Crippen molar-refractivity contribution < 1.29 is 19.4 Å². The van der Waals surface area contributed by atoms with Crippen molar-refractivity contribution in [1.82, 2.24) is 14.5 Å². The number of hydrogen-bond donors (Lipinski definition) is 1. The number of nitrogens with zero attached hydrogens (tertiary/aromatic N) is 3. The van der Waals surface area contributed by atoms with Crippen LogP contribution in [0.4, 0.5) is 0 Å². The van der Waals surface area contributed by atoms with Crippen molar-refractivity contribution in [3.63, 3.8) is 0 Å². The molecule has 8 heteroatoms. The highest BCUT2D eigenvalue weighted by molar-refractivity contribution is 9.10. The molecule has 176 valence electrons. The number of ether oxygens (including phenoxy) is 1. The summed E-state index contributed by atoms with van der Waals surface area (Å²) >= 11 is 3.38. The second-order valence-electron chi connectivity index (χ2n) is 8.07. The topological polar surface area (TPSA) is 84.7 Å². The number of Topliss-reactive ketones (excluding diaryl/α,β-unsaturated/α-hetero) is 1. The molecule has 1 fully saturated rings. The lowest BCUT2D eigenvalue weighted by Gasteiger charge is -2.25. The molecule has 1 saturated heterocycles. The number of imidazole rings is 1. The number of halogens is 1. The van der Waals surface area contributed by atoms with Gasteiger partial charge < -0.3 is 19.3 Å². The Morgan fingerprint density at radius 2 is 1.82 bits per heavy atom. The predicted molar refractivity (Wildman–Crippen MR) is 132 cm³/mol. The van der Waals surface area contributed by atoms with Gasteiger partial charge in [0.05, 0.1) is 24.5 Å². The van der Waals surface area contributed by atoms with Crippen LogP contribution in [0.5, 0.6) is 5.75 Å². The van der Waals surface area contributed by atoms with Crippen LogP contribution in [0.1, 0.15) is 36.9 Å². The largest absolute Gasteiger partial charge is 0.507 e. The highest BCUT2D eigenvalue weighted by Crippen LogP contribution is 2.40. The van der Waals surface area contributed by atoms with Gasteiger partial charge in [-0.15, -0.1) is 0 Å². The van der Waals surface area contributed by atoms with Gasteiger partial charge in [-0.05, 0) is 42.7 Å². The number of carbonyl (C=O) groups excluding carboxylic acids is 2. The fraction of sp³-hybridized carbons (Fsp3) is 0.269. The van der Waals surface area contributed by atoms with Crippen LogP contribution in [0, 0.1) is 0 Å². The van der Waals surface area contributed by atoms with E-state index in [0.29, 0.717) is 31.7 Å². The van der Waals surface area contributed by atoms with Crippen molar-refractivity contribution in [2.24, 2.45) is 0 Å². The molecule has 1 aliphatic rings. The Kier molecular flexibility index (Phi) is 7.47. The van der Waals surface area contributed by atoms with Crippen molar-refractivity contribution in [1.29, 1.82) is 0 Å². The van der Waals surface area contributed by atoms with Gasteiger partial charge in [0.25, 0.3) is 11.7 Å². The van der Waals surface area contributed by atoms with Gasteiger partial charge in [0.1, 0.15) is 11.5 Å². The number of ketones is 1. The van der Waals surface area contributed by atoms with Crippen molar-refractivity contribution >= 4 is 33.4 Å². The van der Waals surface area contributed by atoms with Crippen molar-refractivity contribution in [2.45, 2.75) is 32.4 Å². The van der Waals surface area contributed by atoms with Crippen LogP contribution in [0.3, 0.4) is 0 Å². The van der Waals surface area contributed by atoms with Gasteiger partial charge in [0.2, 0.25) is 0 Å². The predicted octanol–water partition coefficient (Wildman–Crippen LogP) is 4.95. The average Bonchev–Trinajstić information content (AvgIpc) is 3.45. The highest BCUT2D eigenvalue weighted by Gasteiger charge is 2.45. The van der Waals surface area contributed by atoms with E-state index >= 15 is 0 Å². The third-order valence-corrected chi connectivity index (χ3v) is 6.23. The molecule has 4 rings (SSSR count). The van der Waals surface area contributed by atoms with E-state index in [-0.39, 0.29) is 11.3 Å². The fourth-order valence-electron chi connectivity index (χ4n) is 4.03. The number of aromatic nitrogens is 2. The summed E-state index contributed by atoms with van der Waals surface area (Å²) in [6.07, 6.45) is 6.80. The smallest absolute Gasteiger partial charge is 0.295 e. The minimum absolute atomic E-state index is 0.0946. The third kappa shape index (κ3) is 5.07. The molecule has 1 atom stereocenters. The van der Waals surface area contributed by atoms with E-state index in [4.69, 9.17) is 4.74 Å². The van der Waals surface area contributed by atoms with Gasteiger partial charge in [-0.25, -0.2) is 4.98 Å². The first-order valence-corrected chi connectivity index (χ1v) is 12.0. The summed E-state index contributed by atoms with van der Waals surface area (Å²) in [5.41, 5.74) is 1.31. The molecule has 1 amide bonds. The molecule has 7 nitrogen and oxygen atoms in total. The third-order valence-electron chi connectivity index (χ3n) is 5.70.